The monoisotopic (exact) mass is 362 g/mol. The van der Waals surface area contributed by atoms with Gasteiger partial charge in [-0.1, -0.05) is 23.4 Å². The van der Waals surface area contributed by atoms with E-state index < -0.39 is 23.6 Å². The minimum absolute atomic E-state index is 0.197. The lowest BCUT2D eigenvalue weighted by molar-refractivity contribution is -0.131. The van der Waals surface area contributed by atoms with Crippen LogP contribution in [0.25, 0.3) is 0 Å². The number of carbonyl (C=O) groups is 1. The van der Waals surface area contributed by atoms with E-state index in [0.29, 0.717) is 17.7 Å². The van der Waals surface area contributed by atoms with E-state index in [0.717, 1.165) is 11.6 Å². The van der Waals surface area contributed by atoms with Crippen molar-refractivity contribution in [2.45, 2.75) is 32.4 Å². The van der Waals surface area contributed by atoms with Crippen LogP contribution in [0, 0.1) is 24.4 Å². The van der Waals surface area contributed by atoms with Gasteiger partial charge < -0.3 is 10.2 Å². The van der Waals surface area contributed by atoms with Gasteiger partial charge in [0, 0.05) is 24.9 Å². The standard InChI is InChI=1S/C19H17F3N2O2/c1-11-5-6-16(21)15(18(11)22)10-23-19(25)17-9-14(24-26-17)8-12-3-2-4-13(20)7-12/h2-7,17H,8-10H2,1H3,(H,23,25)/t17-/m0/s1. The van der Waals surface area contributed by atoms with Gasteiger partial charge in [0.05, 0.1) is 5.71 Å². The van der Waals surface area contributed by atoms with Gasteiger partial charge in [-0.3, -0.25) is 4.79 Å². The van der Waals surface area contributed by atoms with Crippen molar-refractivity contribution in [2.75, 3.05) is 0 Å². The van der Waals surface area contributed by atoms with Crippen molar-refractivity contribution in [3.63, 3.8) is 0 Å². The molecule has 0 aliphatic carbocycles. The predicted molar refractivity (Wildman–Crippen MR) is 90.0 cm³/mol. The lowest BCUT2D eigenvalue weighted by Gasteiger charge is -2.11. The van der Waals surface area contributed by atoms with Crippen molar-refractivity contribution in [3.05, 3.63) is 70.5 Å². The molecule has 26 heavy (non-hydrogen) atoms. The summed E-state index contributed by atoms with van der Waals surface area (Å²) in [4.78, 5) is 17.3. The lowest BCUT2D eigenvalue weighted by Crippen LogP contribution is -2.35. The number of hydrogen-bond donors (Lipinski definition) is 1. The quantitative estimate of drug-likeness (QED) is 0.886. The zero-order chi connectivity index (χ0) is 18.7. The zero-order valence-electron chi connectivity index (χ0n) is 14.1. The molecule has 0 saturated carbocycles. The third-order valence-corrected chi connectivity index (χ3v) is 4.14. The van der Waals surface area contributed by atoms with Crippen molar-refractivity contribution in [2.24, 2.45) is 5.16 Å². The first kappa shape index (κ1) is 18.0. The number of nitrogens with zero attached hydrogens (tertiary/aromatic N) is 1. The minimum atomic E-state index is -0.866. The largest absolute Gasteiger partial charge is 0.382 e. The normalized spacial score (nSPS) is 16.2. The van der Waals surface area contributed by atoms with E-state index in [1.807, 2.05) is 0 Å². The molecule has 0 fully saturated rings. The fourth-order valence-corrected chi connectivity index (χ4v) is 2.72. The van der Waals surface area contributed by atoms with Gasteiger partial charge in [0.25, 0.3) is 5.91 Å². The van der Waals surface area contributed by atoms with Gasteiger partial charge in [-0.25, -0.2) is 13.2 Å². The Kier molecular flexibility index (Phi) is 5.25. The molecule has 1 aliphatic rings. The number of hydrogen-bond acceptors (Lipinski definition) is 3. The number of benzene rings is 2. The van der Waals surface area contributed by atoms with Gasteiger partial charge in [0.15, 0.2) is 0 Å². The summed E-state index contributed by atoms with van der Waals surface area (Å²) >= 11 is 0. The van der Waals surface area contributed by atoms with Crippen LogP contribution < -0.4 is 5.32 Å². The summed E-state index contributed by atoms with van der Waals surface area (Å²) in [5, 5.41) is 6.32. The van der Waals surface area contributed by atoms with E-state index >= 15 is 0 Å². The molecular formula is C19H17F3N2O2. The van der Waals surface area contributed by atoms with E-state index in [1.54, 1.807) is 12.1 Å². The van der Waals surface area contributed by atoms with E-state index in [4.69, 9.17) is 4.84 Å². The average Bonchev–Trinajstić information content (AvgIpc) is 3.07. The Hall–Kier alpha value is -2.83. The van der Waals surface area contributed by atoms with E-state index in [1.165, 1.54) is 25.1 Å². The summed E-state index contributed by atoms with van der Waals surface area (Å²) in [7, 11) is 0. The summed E-state index contributed by atoms with van der Waals surface area (Å²) in [5.41, 5.74) is 1.42. The number of amides is 1. The van der Waals surface area contributed by atoms with Gasteiger partial charge in [-0.15, -0.1) is 0 Å². The van der Waals surface area contributed by atoms with E-state index in [2.05, 4.69) is 10.5 Å². The predicted octanol–water partition coefficient (Wildman–Crippen LogP) is 3.42. The summed E-state index contributed by atoms with van der Waals surface area (Å²) in [6.45, 7) is 1.24. The molecule has 2 aromatic carbocycles. The van der Waals surface area contributed by atoms with Crippen LogP contribution in [0.15, 0.2) is 41.6 Å². The van der Waals surface area contributed by atoms with Crippen LogP contribution in [-0.4, -0.2) is 17.7 Å². The van der Waals surface area contributed by atoms with Crippen LogP contribution in [0.5, 0.6) is 0 Å². The third-order valence-electron chi connectivity index (χ3n) is 4.14. The Balaban J connectivity index is 1.55. The molecule has 1 atom stereocenters. The highest BCUT2D eigenvalue weighted by molar-refractivity contribution is 5.93. The van der Waals surface area contributed by atoms with Crippen molar-refractivity contribution in [3.8, 4) is 0 Å². The Morgan fingerprint density at radius 2 is 2.08 bits per heavy atom. The first-order valence-electron chi connectivity index (χ1n) is 8.11. The number of aryl methyl sites for hydroxylation is 1. The number of rotatable bonds is 5. The van der Waals surface area contributed by atoms with Crippen LogP contribution >= 0.6 is 0 Å². The second-order valence-electron chi connectivity index (χ2n) is 6.14. The molecule has 7 heteroatoms. The maximum absolute atomic E-state index is 14.0. The van der Waals surface area contributed by atoms with Crippen LogP contribution in [0.3, 0.4) is 0 Å². The molecular weight excluding hydrogens is 345 g/mol. The molecule has 1 aliphatic heterocycles. The van der Waals surface area contributed by atoms with Gasteiger partial charge in [0.1, 0.15) is 17.5 Å². The molecule has 2 aromatic rings. The van der Waals surface area contributed by atoms with Crippen molar-refractivity contribution in [1.82, 2.24) is 5.32 Å². The molecule has 4 nitrogen and oxygen atoms in total. The zero-order valence-corrected chi connectivity index (χ0v) is 14.1. The molecule has 1 amide bonds. The molecule has 3 rings (SSSR count). The smallest absolute Gasteiger partial charge is 0.264 e. The SMILES string of the molecule is Cc1ccc(F)c(CNC(=O)[C@@H]2CC(Cc3cccc(F)c3)=NO2)c1F. The van der Waals surface area contributed by atoms with E-state index in [9.17, 15) is 18.0 Å². The van der Waals surface area contributed by atoms with Gasteiger partial charge >= 0.3 is 0 Å². The molecule has 0 radical (unpaired) electrons. The molecule has 0 unspecified atom stereocenters. The third kappa shape index (κ3) is 4.04. The van der Waals surface area contributed by atoms with Gasteiger partial charge in [0.2, 0.25) is 6.10 Å². The molecule has 0 bridgehead atoms. The van der Waals surface area contributed by atoms with Crippen LogP contribution in [0.2, 0.25) is 0 Å². The lowest BCUT2D eigenvalue weighted by atomic mass is 10.0. The first-order valence-corrected chi connectivity index (χ1v) is 8.11. The topological polar surface area (TPSA) is 50.7 Å². The summed E-state index contributed by atoms with van der Waals surface area (Å²) in [6, 6.07) is 8.57. The number of carbonyl (C=O) groups excluding carboxylic acids is 1. The Bertz CT molecular complexity index is 868. The fourth-order valence-electron chi connectivity index (χ4n) is 2.72. The molecule has 136 valence electrons. The second kappa shape index (κ2) is 7.59. The highest BCUT2D eigenvalue weighted by Gasteiger charge is 2.28. The van der Waals surface area contributed by atoms with Crippen LogP contribution in [-0.2, 0) is 22.6 Å². The van der Waals surface area contributed by atoms with Crippen LogP contribution in [0.4, 0.5) is 13.2 Å². The van der Waals surface area contributed by atoms with Crippen molar-refractivity contribution < 1.29 is 22.8 Å². The summed E-state index contributed by atoms with van der Waals surface area (Å²) in [5.74, 6) is -2.26. The highest BCUT2D eigenvalue weighted by Crippen LogP contribution is 2.18. The molecule has 0 saturated heterocycles. The minimum Gasteiger partial charge on any atom is -0.382 e. The Labute approximate surface area is 148 Å². The molecule has 0 spiro atoms. The Morgan fingerprint density at radius 3 is 2.85 bits per heavy atom. The molecule has 1 heterocycles. The van der Waals surface area contributed by atoms with Crippen molar-refractivity contribution in [1.29, 1.82) is 0 Å². The number of oxime groups is 1. The summed E-state index contributed by atoms with van der Waals surface area (Å²) in [6.07, 6.45) is -0.265. The fraction of sp³-hybridized carbons (Fsp3) is 0.263. The Morgan fingerprint density at radius 1 is 1.27 bits per heavy atom. The van der Waals surface area contributed by atoms with Crippen LogP contribution in [0.1, 0.15) is 23.1 Å². The van der Waals surface area contributed by atoms with Crippen molar-refractivity contribution >= 4 is 11.6 Å². The average molecular weight is 362 g/mol. The number of nitrogens with one attached hydrogen (secondary N) is 1. The van der Waals surface area contributed by atoms with E-state index in [-0.39, 0.29) is 24.3 Å². The second-order valence-corrected chi connectivity index (χ2v) is 6.14. The molecule has 0 aromatic heterocycles. The molecule has 1 N–H and O–H groups in total. The highest BCUT2D eigenvalue weighted by atomic mass is 19.1. The maximum atomic E-state index is 14.0. The first-order chi connectivity index (χ1) is 12.4. The number of halogens is 3. The summed E-state index contributed by atoms with van der Waals surface area (Å²) < 4.78 is 40.9. The maximum Gasteiger partial charge on any atom is 0.264 e. The van der Waals surface area contributed by atoms with Gasteiger partial charge in [-0.2, -0.15) is 0 Å². The van der Waals surface area contributed by atoms with Gasteiger partial charge in [-0.05, 0) is 36.2 Å².